The molecule has 0 unspecified atom stereocenters. The van der Waals surface area contributed by atoms with Crippen LogP contribution in [0.25, 0.3) is 0 Å². The molecule has 3 N–H and O–H groups in total. The third-order valence-electron chi connectivity index (χ3n) is 3.40. The van der Waals surface area contributed by atoms with E-state index in [0.717, 1.165) is 5.56 Å². The van der Waals surface area contributed by atoms with Crippen LogP contribution in [0.2, 0.25) is 0 Å². The first-order valence-electron chi connectivity index (χ1n) is 6.86. The second kappa shape index (κ2) is 7.06. The Kier molecular flexibility index (Phi) is 5.98. The van der Waals surface area contributed by atoms with Crippen LogP contribution in [0.3, 0.4) is 0 Å². The second-order valence-corrected chi connectivity index (χ2v) is 6.93. The Labute approximate surface area is 122 Å². The highest BCUT2D eigenvalue weighted by Gasteiger charge is 2.18. The van der Waals surface area contributed by atoms with Gasteiger partial charge >= 0.3 is 0 Å². The van der Waals surface area contributed by atoms with E-state index in [1.165, 1.54) is 6.07 Å². The van der Waals surface area contributed by atoms with Gasteiger partial charge in [-0.2, -0.15) is 0 Å². The number of hydrogen-bond donors (Lipinski definition) is 2. The summed E-state index contributed by atoms with van der Waals surface area (Å²) in [7, 11) is -1.53. The van der Waals surface area contributed by atoms with E-state index in [4.69, 9.17) is 5.73 Å². The zero-order valence-electron chi connectivity index (χ0n) is 12.7. The van der Waals surface area contributed by atoms with Crippen molar-refractivity contribution in [3.05, 3.63) is 23.8 Å². The standard InChI is InChI=1S/C14H25N3O2S/c1-5-12-6-7-13(15)10-14(12)20(18,19)16-8-9-17(4)11(2)3/h6-7,10-11,16H,5,8-9,15H2,1-4H3. The molecule has 0 heterocycles. The molecule has 0 aliphatic rings. The SMILES string of the molecule is CCc1ccc(N)cc1S(=O)(=O)NCCN(C)C(C)C. The molecule has 1 aromatic carbocycles. The van der Waals surface area contributed by atoms with Crippen LogP contribution < -0.4 is 10.5 Å². The lowest BCUT2D eigenvalue weighted by Gasteiger charge is -2.21. The van der Waals surface area contributed by atoms with Crippen molar-refractivity contribution in [1.82, 2.24) is 9.62 Å². The number of nitrogens with two attached hydrogens (primary N) is 1. The number of nitrogens with one attached hydrogen (secondary N) is 1. The Balaban J connectivity index is 2.81. The minimum absolute atomic E-state index is 0.284. The fraction of sp³-hybridized carbons (Fsp3) is 0.571. The molecule has 0 radical (unpaired) electrons. The highest BCUT2D eigenvalue weighted by molar-refractivity contribution is 7.89. The largest absolute Gasteiger partial charge is 0.399 e. The smallest absolute Gasteiger partial charge is 0.240 e. The molecule has 0 aliphatic heterocycles. The van der Waals surface area contributed by atoms with Crippen molar-refractivity contribution >= 4 is 15.7 Å². The van der Waals surface area contributed by atoms with Crippen molar-refractivity contribution in [2.75, 3.05) is 25.9 Å². The number of benzene rings is 1. The van der Waals surface area contributed by atoms with Crippen molar-refractivity contribution in [2.24, 2.45) is 0 Å². The number of anilines is 1. The van der Waals surface area contributed by atoms with E-state index in [1.54, 1.807) is 12.1 Å². The third kappa shape index (κ3) is 4.47. The van der Waals surface area contributed by atoms with E-state index in [2.05, 4.69) is 23.5 Å². The molecular formula is C14H25N3O2S. The number of aryl methyl sites for hydroxylation is 1. The minimum Gasteiger partial charge on any atom is -0.399 e. The van der Waals surface area contributed by atoms with Gasteiger partial charge in [-0.15, -0.1) is 0 Å². The van der Waals surface area contributed by atoms with Gasteiger partial charge in [0, 0.05) is 24.8 Å². The topological polar surface area (TPSA) is 75.4 Å². The fourth-order valence-electron chi connectivity index (χ4n) is 1.81. The molecule has 0 amide bonds. The molecule has 1 rings (SSSR count). The molecule has 6 heteroatoms. The molecule has 0 aromatic heterocycles. The first kappa shape index (κ1) is 16.9. The Bertz CT molecular complexity index is 541. The maximum atomic E-state index is 12.3. The van der Waals surface area contributed by atoms with Crippen LogP contribution in [0.1, 0.15) is 26.3 Å². The predicted octanol–water partition coefficient (Wildman–Crippen LogP) is 1.45. The first-order valence-corrected chi connectivity index (χ1v) is 8.34. The normalized spacial score (nSPS) is 12.3. The van der Waals surface area contributed by atoms with Gasteiger partial charge in [0.1, 0.15) is 0 Å². The number of likely N-dealkylation sites (N-methyl/N-ethyl adjacent to an activating group) is 1. The van der Waals surface area contributed by atoms with E-state index in [9.17, 15) is 8.42 Å². The molecule has 5 nitrogen and oxygen atoms in total. The van der Waals surface area contributed by atoms with Gasteiger partial charge in [0.2, 0.25) is 10.0 Å². The van der Waals surface area contributed by atoms with Crippen molar-refractivity contribution in [3.8, 4) is 0 Å². The van der Waals surface area contributed by atoms with Gasteiger partial charge in [0.25, 0.3) is 0 Å². The minimum atomic E-state index is -3.50. The van der Waals surface area contributed by atoms with Crippen LogP contribution in [0.15, 0.2) is 23.1 Å². The van der Waals surface area contributed by atoms with Crippen molar-refractivity contribution in [3.63, 3.8) is 0 Å². The molecule has 20 heavy (non-hydrogen) atoms. The monoisotopic (exact) mass is 299 g/mol. The molecule has 1 aromatic rings. The van der Waals surface area contributed by atoms with Gasteiger partial charge in [-0.25, -0.2) is 13.1 Å². The van der Waals surface area contributed by atoms with Crippen LogP contribution in [-0.4, -0.2) is 39.5 Å². The van der Waals surface area contributed by atoms with Gasteiger partial charge in [0.05, 0.1) is 4.90 Å². The summed E-state index contributed by atoms with van der Waals surface area (Å²) in [5.41, 5.74) is 6.94. The average molecular weight is 299 g/mol. The maximum absolute atomic E-state index is 12.3. The van der Waals surface area contributed by atoms with E-state index in [1.807, 2.05) is 14.0 Å². The fourth-order valence-corrected chi connectivity index (χ4v) is 3.17. The molecular weight excluding hydrogens is 274 g/mol. The van der Waals surface area contributed by atoms with Crippen LogP contribution >= 0.6 is 0 Å². The van der Waals surface area contributed by atoms with Gasteiger partial charge in [0.15, 0.2) is 0 Å². The summed E-state index contributed by atoms with van der Waals surface area (Å²) in [5.74, 6) is 0. The highest BCUT2D eigenvalue weighted by atomic mass is 32.2. The average Bonchev–Trinajstić information content (AvgIpc) is 2.38. The zero-order chi connectivity index (χ0) is 15.3. The quantitative estimate of drug-likeness (QED) is 0.747. The lowest BCUT2D eigenvalue weighted by atomic mass is 10.1. The van der Waals surface area contributed by atoms with Gasteiger partial charge in [-0.3, -0.25) is 0 Å². The van der Waals surface area contributed by atoms with Crippen molar-refractivity contribution in [2.45, 2.75) is 38.1 Å². The van der Waals surface area contributed by atoms with Crippen LogP contribution in [0.5, 0.6) is 0 Å². The molecule has 0 saturated carbocycles. The zero-order valence-corrected chi connectivity index (χ0v) is 13.5. The van der Waals surface area contributed by atoms with Gasteiger partial charge < -0.3 is 10.6 Å². The molecule has 0 aliphatic carbocycles. The van der Waals surface area contributed by atoms with Crippen LogP contribution in [0, 0.1) is 0 Å². The number of nitrogen functional groups attached to an aromatic ring is 1. The number of rotatable bonds is 7. The van der Waals surface area contributed by atoms with Crippen LogP contribution in [-0.2, 0) is 16.4 Å². The third-order valence-corrected chi connectivity index (χ3v) is 4.94. The molecule has 0 fully saturated rings. The summed E-state index contributed by atoms with van der Waals surface area (Å²) in [6.07, 6.45) is 0.655. The Morgan fingerprint density at radius 1 is 1.35 bits per heavy atom. The maximum Gasteiger partial charge on any atom is 0.240 e. The lowest BCUT2D eigenvalue weighted by molar-refractivity contribution is 0.278. The summed E-state index contributed by atoms with van der Waals surface area (Å²) in [5, 5.41) is 0. The summed E-state index contributed by atoms with van der Waals surface area (Å²) in [6, 6.07) is 5.40. The molecule has 0 atom stereocenters. The molecule has 0 spiro atoms. The highest BCUT2D eigenvalue weighted by Crippen LogP contribution is 2.19. The van der Waals surface area contributed by atoms with Gasteiger partial charge in [-0.05, 0) is 45.0 Å². The van der Waals surface area contributed by atoms with Crippen molar-refractivity contribution < 1.29 is 8.42 Å². The van der Waals surface area contributed by atoms with Gasteiger partial charge in [-0.1, -0.05) is 13.0 Å². The van der Waals surface area contributed by atoms with E-state index < -0.39 is 10.0 Å². The van der Waals surface area contributed by atoms with Crippen LogP contribution in [0.4, 0.5) is 5.69 Å². The summed E-state index contributed by atoms with van der Waals surface area (Å²) in [4.78, 5) is 2.37. The molecule has 114 valence electrons. The number of sulfonamides is 1. The van der Waals surface area contributed by atoms with Crippen molar-refractivity contribution in [1.29, 1.82) is 0 Å². The van der Waals surface area contributed by atoms with E-state index in [-0.39, 0.29) is 4.90 Å². The van der Waals surface area contributed by atoms with E-state index >= 15 is 0 Å². The lowest BCUT2D eigenvalue weighted by Crippen LogP contribution is -2.36. The Hall–Kier alpha value is -1.11. The number of hydrogen-bond acceptors (Lipinski definition) is 4. The summed E-state index contributed by atoms with van der Waals surface area (Å²) in [6.45, 7) is 7.12. The molecule has 0 saturated heterocycles. The summed E-state index contributed by atoms with van der Waals surface area (Å²) >= 11 is 0. The Morgan fingerprint density at radius 2 is 2.00 bits per heavy atom. The Morgan fingerprint density at radius 3 is 2.55 bits per heavy atom. The second-order valence-electron chi connectivity index (χ2n) is 5.19. The van der Waals surface area contributed by atoms with E-state index in [0.29, 0.717) is 31.2 Å². The first-order chi connectivity index (χ1) is 9.27. The molecule has 0 bridgehead atoms. The summed E-state index contributed by atoms with van der Waals surface area (Å²) < 4.78 is 27.3. The number of nitrogens with zero attached hydrogens (tertiary/aromatic N) is 1. The predicted molar refractivity (Wildman–Crippen MR) is 83.2 cm³/mol.